The molecular weight excluding hydrogens is 461 g/mol. The average molecular weight is 494 g/mol. The number of hydrogen-bond acceptors (Lipinski definition) is 6. The Kier molecular flexibility index (Phi) is 6.88. The highest BCUT2D eigenvalue weighted by molar-refractivity contribution is 6.46. The number of benzene rings is 1. The number of allylic oxidation sites excluding steroid dienone is 1. The van der Waals surface area contributed by atoms with Crippen molar-refractivity contribution < 1.29 is 14.0 Å². The third kappa shape index (κ3) is 5.58. The van der Waals surface area contributed by atoms with Crippen LogP contribution >= 0.6 is 0 Å². The molecule has 1 aliphatic carbocycles. The summed E-state index contributed by atoms with van der Waals surface area (Å²) in [5, 5.41) is 15.9. The Bertz CT molecular complexity index is 1230. The number of halogens is 1. The van der Waals surface area contributed by atoms with Crippen LogP contribution in [0.5, 0.6) is 0 Å². The summed E-state index contributed by atoms with van der Waals surface area (Å²) in [4.78, 5) is 32.9. The van der Waals surface area contributed by atoms with Gasteiger partial charge in [-0.1, -0.05) is 56.2 Å². The molecule has 2 aromatic rings. The standard InChI is InChI=1S/C26H32FN7O2/c1-25(2,3)14-13-20(16-9-11-17(12-10-16)22(35)28-24-30-32-33-31-24)34-23(36)21(29-26(34,4)5)18-7-6-8-19(27)15-18/h6-11,15,17,20H,12-14H2,1-5H3,(H2,28,30,31,32,33,35)/t17?,20-/m1/s1. The van der Waals surface area contributed by atoms with Gasteiger partial charge >= 0.3 is 0 Å². The summed E-state index contributed by atoms with van der Waals surface area (Å²) in [5.41, 5.74) is 0.932. The fourth-order valence-electron chi connectivity index (χ4n) is 4.60. The third-order valence-corrected chi connectivity index (χ3v) is 6.40. The summed E-state index contributed by atoms with van der Waals surface area (Å²) < 4.78 is 13.9. The SMILES string of the molecule is CC(C)(C)CC[C@H](C1=CCC(C(=O)Nc2nn[nH]n2)C=C1)N1C(=O)C(c2cccc(F)c2)=NC1(C)C. The fourth-order valence-corrected chi connectivity index (χ4v) is 4.60. The van der Waals surface area contributed by atoms with Gasteiger partial charge in [0.25, 0.3) is 11.9 Å². The molecule has 0 spiro atoms. The molecule has 2 N–H and O–H groups in total. The minimum absolute atomic E-state index is 0.0589. The first-order valence-electron chi connectivity index (χ1n) is 12.1. The zero-order valence-corrected chi connectivity index (χ0v) is 21.2. The van der Waals surface area contributed by atoms with Crippen molar-refractivity contribution in [2.75, 3.05) is 5.32 Å². The van der Waals surface area contributed by atoms with Crippen LogP contribution in [0.1, 0.15) is 59.4 Å². The number of aromatic nitrogens is 4. The molecule has 2 heterocycles. The second kappa shape index (κ2) is 9.75. The number of nitrogens with zero attached hydrogens (tertiary/aromatic N) is 5. The summed E-state index contributed by atoms with van der Waals surface area (Å²) in [6.45, 7) is 10.3. The fraction of sp³-hybridized carbons (Fsp3) is 0.462. The Morgan fingerprint density at radius 1 is 1.33 bits per heavy atom. The van der Waals surface area contributed by atoms with Crippen LogP contribution in [0.25, 0.3) is 0 Å². The third-order valence-electron chi connectivity index (χ3n) is 6.40. The van der Waals surface area contributed by atoms with Crippen LogP contribution in [-0.4, -0.2) is 54.8 Å². The van der Waals surface area contributed by atoms with Crippen LogP contribution in [0.15, 0.2) is 53.1 Å². The number of amides is 2. The van der Waals surface area contributed by atoms with E-state index in [4.69, 9.17) is 4.99 Å². The zero-order chi connectivity index (χ0) is 26.1. The van der Waals surface area contributed by atoms with Gasteiger partial charge in [-0.05, 0) is 61.4 Å². The van der Waals surface area contributed by atoms with Crippen molar-refractivity contribution in [3.05, 3.63) is 59.4 Å². The highest BCUT2D eigenvalue weighted by atomic mass is 19.1. The largest absolute Gasteiger partial charge is 0.306 e. The molecule has 0 saturated carbocycles. The zero-order valence-electron chi connectivity index (χ0n) is 21.2. The molecule has 1 unspecified atom stereocenters. The van der Waals surface area contributed by atoms with Gasteiger partial charge < -0.3 is 4.90 Å². The molecule has 2 amide bonds. The van der Waals surface area contributed by atoms with Crippen molar-refractivity contribution in [3.63, 3.8) is 0 Å². The lowest BCUT2D eigenvalue weighted by Gasteiger charge is -2.39. The van der Waals surface area contributed by atoms with E-state index < -0.39 is 17.4 Å². The Balaban J connectivity index is 1.58. The number of hydrogen-bond donors (Lipinski definition) is 2. The molecule has 0 fully saturated rings. The van der Waals surface area contributed by atoms with Crippen molar-refractivity contribution >= 4 is 23.5 Å². The monoisotopic (exact) mass is 493 g/mol. The van der Waals surface area contributed by atoms with Crippen LogP contribution in [0.4, 0.5) is 10.3 Å². The van der Waals surface area contributed by atoms with Gasteiger partial charge in [0.05, 0.1) is 12.0 Å². The van der Waals surface area contributed by atoms with E-state index in [1.165, 1.54) is 12.1 Å². The molecule has 36 heavy (non-hydrogen) atoms. The Morgan fingerprint density at radius 2 is 2.11 bits per heavy atom. The normalized spacial score (nSPS) is 20.2. The van der Waals surface area contributed by atoms with E-state index in [0.717, 1.165) is 18.4 Å². The molecule has 1 aromatic heterocycles. The van der Waals surface area contributed by atoms with Gasteiger partial charge in [0.15, 0.2) is 0 Å². The lowest BCUT2D eigenvalue weighted by molar-refractivity contribution is -0.129. The number of anilines is 1. The summed E-state index contributed by atoms with van der Waals surface area (Å²) in [6.07, 6.45) is 7.84. The number of aromatic amines is 1. The minimum Gasteiger partial charge on any atom is -0.306 e. The number of carbonyl (C=O) groups is 2. The van der Waals surface area contributed by atoms with Crippen LogP contribution in [0.2, 0.25) is 0 Å². The van der Waals surface area contributed by atoms with Gasteiger partial charge in [0.2, 0.25) is 5.91 Å². The molecule has 1 aliphatic heterocycles. The molecule has 9 nitrogen and oxygen atoms in total. The van der Waals surface area contributed by atoms with E-state index in [1.54, 1.807) is 17.0 Å². The van der Waals surface area contributed by atoms with Crippen molar-refractivity contribution in [2.24, 2.45) is 16.3 Å². The van der Waals surface area contributed by atoms with Crippen molar-refractivity contribution in [1.82, 2.24) is 25.5 Å². The Labute approximate surface area is 209 Å². The smallest absolute Gasteiger partial charge is 0.275 e. The average Bonchev–Trinajstić information content (AvgIpc) is 3.40. The first kappa shape index (κ1) is 25.4. The second-order valence-electron chi connectivity index (χ2n) is 10.9. The lowest BCUT2D eigenvalue weighted by atomic mass is 9.84. The molecule has 10 heteroatoms. The number of rotatable bonds is 7. The maximum Gasteiger partial charge on any atom is 0.275 e. The maximum absolute atomic E-state index is 13.9. The quantitative estimate of drug-likeness (QED) is 0.604. The number of aliphatic imine (C=N–C) groups is 1. The molecule has 0 bridgehead atoms. The molecular formula is C26H32FN7O2. The summed E-state index contributed by atoms with van der Waals surface area (Å²) in [5.74, 6) is -1.14. The van der Waals surface area contributed by atoms with E-state index in [2.05, 4.69) is 46.7 Å². The molecule has 2 atom stereocenters. The summed E-state index contributed by atoms with van der Waals surface area (Å²) in [6, 6.07) is 5.73. The van der Waals surface area contributed by atoms with E-state index in [-0.39, 0.29) is 34.9 Å². The lowest BCUT2D eigenvalue weighted by Crippen LogP contribution is -2.50. The Hall–Kier alpha value is -3.69. The first-order valence-corrected chi connectivity index (χ1v) is 12.1. The van der Waals surface area contributed by atoms with Gasteiger partial charge in [-0.25, -0.2) is 4.39 Å². The molecule has 4 rings (SSSR count). The van der Waals surface area contributed by atoms with Gasteiger partial charge in [-0.15, -0.1) is 5.10 Å². The molecule has 2 aliphatic rings. The van der Waals surface area contributed by atoms with E-state index >= 15 is 0 Å². The topological polar surface area (TPSA) is 116 Å². The number of tetrazole rings is 1. The van der Waals surface area contributed by atoms with Gasteiger partial charge in [0.1, 0.15) is 17.2 Å². The van der Waals surface area contributed by atoms with Crippen molar-refractivity contribution in [2.45, 2.75) is 65.6 Å². The van der Waals surface area contributed by atoms with Crippen molar-refractivity contribution in [3.8, 4) is 0 Å². The maximum atomic E-state index is 13.9. The summed E-state index contributed by atoms with van der Waals surface area (Å²) >= 11 is 0. The second-order valence-corrected chi connectivity index (χ2v) is 10.9. The van der Waals surface area contributed by atoms with E-state index in [0.29, 0.717) is 12.0 Å². The van der Waals surface area contributed by atoms with Gasteiger partial charge in [-0.3, -0.25) is 19.9 Å². The van der Waals surface area contributed by atoms with E-state index in [1.807, 2.05) is 32.1 Å². The number of nitrogens with one attached hydrogen (secondary N) is 2. The summed E-state index contributed by atoms with van der Waals surface area (Å²) in [7, 11) is 0. The van der Waals surface area contributed by atoms with Crippen LogP contribution in [-0.2, 0) is 9.59 Å². The highest BCUT2D eigenvalue weighted by Gasteiger charge is 2.45. The molecule has 190 valence electrons. The molecule has 1 aromatic carbocycles. The van der Waals surface area contributed by atoms with Gasteiger partial charge in [-0.2, -0.15) is 5.21 Å². The van der Waals surface area contributed by atoms with Crippen LogP contribution in [0.3, 0.4) is 0 Å². The predicted octanol–water partition coefficient (Wildman–Crippen LogP) is 4.04. The van der Waals surface area contributed by atoms with E-state index in [9.17, 15) is 14.0 Å². The van der Waals surface area contributed by atoms with Crippen LogP contribution < -0.4 is 5.32 Å². The molecule has 0 radical (unpaired) electrons. The Morgan fingerprint density at radius 3 is 2.72 bits per heavy atom. The van der Waals surface area contributed by atoms with Gasteiger partial charge in [0, 0.05) is 5.56 Å². The predicted molar refractivity (Wildman–Crippen MR) is 134 cm³/mol. The highest BCUT2D eigenvalue weighted by Crippen LogP contribution is 2.36. The first-order chi connectivity index (χ1) is 16.9. The minimum atomic E-state index is -0.817. The van der Waals surface area contributed by atoms with Crippen molar-refractivity contribution in [1.29, 1.82) is 0 Å². The number of carbonyl (C=O) groups excluding carboxylic acids is 2. The van der Waals surface area contributed by atoms with Crippen LogP contribution in [0, 0.1) is 17.2 Å². The number of H-pyrrole nitrogens is 1. The molecule has 0 saturated heterocycles.